The molecule has 0 saturated carbocycles. The molecule has 0 amide bonds. The molecule has 38 heavy (non-hydrogen) atoms. The zero-order chi connectivity index (χ0) is 30.8. The summed E-state index contributed by atoms with van der Waals surface area (Å²) in [6.45, 7) is 0. The molecule has 0 spiro atoms. The van der Waals surface area contributed by atoms with Gasteiger partial charge in [0, 0.05) is 6.42 Å². The van der Waals surface area contributed by atoms with Crippen molar-refractivity contribution in [1.29, 1.82) is 0 Å². The van der Waals surface area contributed by atoms with Gasteiger partial charge in [-0.05, 0) is 28.8 Å². The van der Waals surface area contributed by atoms with Crippen LogP contribution in [0.2, 0.25) is 0 Å². The molecule has 224 valence electrons. The van der Waals surface area contributed by atoms with Crippen LogP contribution in [0.4, 0.5) is 92.2 Å². The van der Waals surface area contributed by atoms with E-state index in [0.717, 1.165) is 16.8 Å². The lowest BCUT2D eigenvalue weighted by Gasteiger charge is -2.44. The van der Waals surface area contributed by atoms with Crippen molar-refractivity contribution in [3.8, 4) is 0 Å². The first-order chi connectivity index (χ1) is 16.3. The second-order valence-corrected chi connectivity index (χ2v) is 8.21. The van der Waals surface area contributed by atoms with Crippen LogP contribution < -0.4 is 0 Å². The molecule has 0 unspecified atom stereocenters. The highest BCUT2D eigenvalue weighted by atomic mass is 32.1. The van der Waals surface area contributed by atoms with Crippen LogP contribution >= 0.6 is 11.3 Å². The van der Waals surface area contributed by atoms with Gasteiger partial charge < -0.3 is 0 Å². The SMILES string of the molecule is FC(F)(F)C(F)(F)C(F)(F)C(F)(F)C(F)(F)C(F)(F)C(F)(F)C(F)(F)C(F)(F)C(F)(F)CCc1ccsc1. The molecule has 0 fully saturated rings. The molecule has 0 aromatic carbocycles. The summed E-state index contributed by atoms with van der Waals surface area (Å²) in [5.41, 5.74) is -0.370. The Balaban J connectivity index is 3.64. The second-order valence-electron chi connectivity index (χ2n) is 7.43. The molecular formula is C16H7F21S. The Morgan fingerprint density at radius 3 is 1.05 bits per heavy atom. The summed E-state index contributed by atoms with van der Waals surface area (Å²) in [6, 6.07) is 0.874. The van der Waals surface area contributed by atoms with Crippen molar-refractivity contribution in [2.75, 3.05) is 0 Å². The van der Waals surface area contributed by atoms with Gasteiger partial charge in [0.05, 0.1) is 0 Å². The predicted octanol–water partition coefficient (Wildman–Crippen LogP) is 8.96. The van der Waals surface area contributed by atoms with Gasteiger partial charge in [-0.1, -0.05) is 0 Å². The highest BCUT2D eigenvalue weighted by Crippen LogP contribution is 2.66. The van der Waals surface area contributed by atoms with Gasteiger partial charge in [-0.15, -0.1) is 0 Å². The lowest BCUT2D eigenvalue weighted by molar-refractivity contribution is -0.474. The van der Waals surface area contributed by atoms with E-state index in [4.69, 9.17) is 0 Å². The Bertz CT molecular complexity index is 954. The molecule has 1 rings (SSSR count). The minimum atomic E-state index is -9.15. The minimum absolute atomic E-state index is 0.370. The third kappa shape index (κ3) is 4.44. The first-order valence-corrected chi connectivity index (χ1v) is 9.75. The van der Waals surface area contributed by atoms with Crippen LogP contribution in [0.25, 0.3) is 0 Å². The van der Waals surface area contributed by atoms with Gasteiger partial charge in [-0.3, -0.25) is 0 Å². The number of hydrogen-bond donors (Lipinski definition) is 0. The minimum Gasteiger partial charge on any atom is -0.200 e. The van der Waals surface area contributed by atoms with Crippen molar-refractivity contribution in [2.24, 2.45) is 0 Å². The Kier molecular flexibility index (Phi) is 8.23. The van der Waals surface area contributed by atoms with E-state index in [2.05, 4.69) is 0 Å². The normalized spacial score (nSPS) is 16.2. The highest BCUT2D eigenvalue weighted by Gasteiger charge is 2.97. The van der Waals surface area contributed by atoms with Crippen LogP contribution in [0.1, 0.15) is 12.0 Å². The number of thiophene rings is 1. The van der Waals surface area contributed by atoms with Crippen LogP contribution in [0.5, 0.6) is 0 Å². The van der Waals surface area contributed by atoms with Gasteiger partial charge in [0.25, 0.3) is 0 Å². The Morgan fingerprint density at radius 2 is 0.763 bits per heavy atom. The monoisotopic (exact) mass is 630 g/mol. The summed E-state index contributed by atoms with van der Waals surface area (Å²) in [4.78, 5) is 0. The van der Waals surface area contributed by atoms with Gasteiger partial charge in [0.1, 0.15) is 0 Å². The molecular weight excluding hydrogens is 623 g/mol. The summed E-state index contributed by atoms with van der Waals surface area (Å²) < 4.78 is 278. The predicted molar refractivity (Wildman–Crippen MR) is 83.2 cm³/mol. The van der Waals surface area contributed by atoms with Crippen molar-refractivity contribution >= 4 is 11.3 Å². The van der Waals surface area contributed by atoms with E-state index in [-0.39, 0.29) is 5.56 Å². The van der Waals surface area contributed by atoms with Crippen LogP contribution in [0, 0.1) is 0 Å². The Labute approximate surface area is 199 Å². The molecule has 0 N–H and O–H groups in total. The maximum Gasteiger partial charge on any atom is 0.460 e. The number of halogens is 21. The summed E-state index contributed by atoms with van der Waals surface area (Å²) >= 11 is 0.682. The molecule has 0 atom stereocenters. The molecule has 0 aliphatic heterocycles. The maximum absolute atomic E-state index is 13.7. The molecule has 0 nitrogen and oxygen atoms in total. The fraction of sp³-hybridized carbons (Fsp3) is 0.750. The molecule has 0 aliphatic carbocycles. The lowest BCUT2D eigenvalue weighted by Crippen LogP contribution is -2.76. The fourth-order valence-corrected chi connectivity index (χ4v) is 3.19. The standard InChI is InChI=1S/C16H7F21S/c17-7(18,3-1-6-2-4-38-5-6)8(19,20)9(21,22)10(23,24)11(25,26)12(27,28)13(29,30)14(31,32)15(33,34)16(35,36)37/h2,4-5H,1,3H2. The highest BCUT2D eigenvalue weighted by molar-refractivity contribution is 7.07. The van der Waals surface area contributed by atoms with Crippen molar-refractivity contribution in [3.63, 3.8) is 0 Å². The van der Waals surface area contributed by atoms with Crippen molar-refractivity contribution < 1.29 is 92.2 Å². The van der Waals surface area contributed by atoms with Gasteiger partial charge in [-0.25, -0.2) is 0 Å². The molecule has 1 aromatic rings. The van der Waals surface area contributed by atoms with E-state index in [9.17, 15) is 92.2 Å². The zero-order valence-electron chi connectivity index (χ0n) is 17.0. The van der Waals surface area contributed by atoms with E-state index >= 15 is 0 Å². The Hall–Kier alpha value is -1.77. The smallest absolute Gasteiger partial charge is 0.200 e. The maximum atomic E-state index is 13.7. The van der Waals surface area contributed by atoms with E-state index in [1.54, 1.807) is 0 Å². The summed E-state index contributed by atoms with van der Waals surface area (Å²) in [6.07, 6.45) is -12.0. The van der Waals surface area contributed by atoms with Gasteiger partial charge in [0.2, 0.25) is 0 Å². The molecule has 1 aromatic heterocycles. The molecule has 0 radical (unpaired) electrons. The van der Waals surface area contributed by atoms with Gasteiger partial charge in [-0.2, -0.15) is 104 Å². The third-order valence-corrected chi connectivity index (χ3v) is 5.62. The Morgan fingerprint density at radius 1 is 0.447 bits per heavy atom. The number of alkyl halides is 21. The van der Waals surface area contributed by atoms with Crippen LogP contribution in [-0.4, -0.2) is 59.5 Å². The topological polar surface area (TPSA) is 0 Å². The molecule has 0 bridgehead atoms. The average Bonchev–Trinajstić information content (AvgIpc) is 3.24. The number of aryl methyl sites for hydroxylation is 1. The van der Waals surface area contributed by atoms with E-state index in [1.807, 2.05) is 0 Å². The number of rotatable bonds is 11. The molecule has 22 heteroatoms. The molecule has 0 aliphatic rings. The summed E-state index contributed by atoms with van der Waals surface area (Å²) in [5.74, 6) is -76.5. The van der Waals surface area contributed by atoms with Crippen LogP contribution in [0.15, 0.2) is 16.8 Å². The van der Waals surface area contributed by atoms with Crippen LogP contribution in [0.3, 0.4) is 0 Å². The van der Waals surface area contributed by atoms with Crippen LogP contribution in [-0.2, 0) is 6.42 Å². The fourth-order valence-electron chi connectivity index (χ4n) is 2.48. The first-order valence-electron chi connectivity index (χ1n) is 8.81. The second kappa shape index (κ2) is 9.13. The molecule has 0 saturated heterocycles. The first kappa shape index (κ1) is 34.3. The zero-order valence-corrected chi connectivity index (χ0v) is 17.8. The molecule has 1 heterocycles. The van der Waals surface area contributed by atoms with E-state index < -0.39 is 72.3 Å². The number of hydrogen-bond acceptors (Lipinski definition) is 1. The summed E-state index contributed by atoms with van der Waals surface area (Å²) in [5, 5.41) is 1.98. The lowest BCUT2D eigenvalue weighted by atomic mass is 9.85. The van der Waals surface area contributed by atoms with Gasteiger partial charge in [0.15, 0.2) is 0 Å². The van der Waals surface area contributed by atoms with E-state index in [1.165, 1.54) is 0 Å². The van der Waals surface area contributed by atoms with Crippen molar-refractivity contribution in [2.45, 2.75) is 72.3 Å². The third-order valence-electron chi connectivity index (χ3n) is 4.88. The van der Waals surface area contributed by atoms with E-state index in [0.29, 0.717) is 11.3 Å². The largest absolute Gasteiger partial charge is 0.460 e. The van der Waals surface area contributed by atoms with Crippen molar-refractivity contribution in [1.82, 2.24) is 0 Å². The van der Waals surface area contributed by atoms with Crippen molar-refractivity contribution in [3.05, 3.63) is 22.4 Å². The van der Waals surface area contributed by atoms with Gasteiger partial charge >= 0.3 is 59.5 Å². The average molecular weight is 630 g/mol. The summed E-state index contributed by atoms with van der Waals surface area (Å²) in [7, 11) is 0. The quantitative estimate of drug-likeness (QED) is 0.214.